The molecule has 136 valence electrons. The van der Waals surface area contributed by atoms with Crippen molar-refractivity contribution in [3.8, 4) is 0 Å². The molecule has 26 heavy (non-hydrogen) atoms. The number of anilines is 1. The molecule has 0 atom stereocenters. The quantitative estimate of drug-likeness (QED) is 0.682. The number of rotatable bonds is 4. The molecule has 2 heterocycles. The van der Waals surface area contributed by atoms with Crippen LogP contribution in [0.2, 0.25) is 0 Å². The minimum atomic E-state index is -4.51. The zero-order valence-electron chi connectivity index (χ0n) is 13.8. The molecule has 0 fully saturated rings. The smallest absolute Gasteiger partial charge is 0.321 e. The highest BCUT2D eigenvalue weighted by molar-refractivity contribution is 6.04. The van der Waals surface area contributed by atoms with Crippen LogP contribution >= 0.6 is 0 Å². The van der Waals surface area contributed by atoms with Crippen LogP contribution in [0.1, 0.15) is 35.1 Å². The average Bonchev–Trinajstić information content (AvgIpc) is 2.92. The van der Waals surface area contributed by atoms with Crippen LogP contribution in [0.5, 0.6) is 0 Å². The third-order valence-corrected chi connectivity index (χ3v) is 3.80. The molecule has 3 rings (SSSR count). The van der Waals surface area contributed by atoms with Gasteiger partial charge in [-0.2, -0.15) is 13.2 Å². The number of alkyl halides is 3. The second kappa shape index (κ2) is 6.78. The predicted octanol–water partition coefficient (Wildman–Crippen LogP) is 4.70. The lowest BCUT2D eigenvalue weighted by Gasteiger charge is -2.10. The second-order valence-corrected chi connectivity index (χ2v) is 5.77. The van der Waals surface area contributed by atoms with Gasteiger partial charge in [0.2, 0.25) is 0 Å². The summed E-state index contributed by atoms with van der Waals surface area (Å²) >= 11 is 0. The molecular weight excluding hydrogens is 350 g/mol. The fourth-order valence-corrected chi connectivity index (χ4v) is 2.68. The summed E-state index contributed by atoms with van der Waals surface area (Å²) in [5, 5.41) is 2.45. The highest BCUT2D eigenvalue weighted by Gasteiger charge is 2.30. The molecule has 3 aromatic rings. The van der Waals surface area contributed by atoms with Gasteiger partial charge in [0.25, 0.3) is 5.91 Å². The first-order valence-corrected chi connectivity index (χ1v) is 7.94. The number of amides is 1. The van der Waals surface area contributed by atoms with Crippen molar-refractivity contribution in [3.63, 3.8) is 0 Å². The van der Waals surface area contributed by atoms with Crippen LogP contribution in [0.3, 0.4) is 0 Å². The Morgan fingerprint density at radius 1 is 1.23 bits per heavy atom. The molecule has 0 spiro atoms. The molecule has 0 bridgehead atoms. The SMILES string of the molecule is CCCc1nc2ccc(F)cn2c1C(=O)Nc1cccc(C(F)(F)F)c1. The first-order valence-electron chi connectivity index (χ1n) is 7.94. The number of nitrogens with zero attached hydrogens (tertiary/aromatic N) is 2. The number of hydrogen-bond donors (Lipinski definition) is 1. The Kier molecular flexibility index (Phi) is 4.67. The number of nitrogens with one attached hydrogen (secondary N) is 1. The zero-order chi connectivity index (χ0) is 18.9. The van der Waals surface area contributed by atoms with Crippen molar-refractivity contribution in [2.45, 2.75) is 25.9 Å². The Balaban J connectivity index is 2.00. The number of halogens is 4. The molecule has 0 aliphatic carbocycles. The van der Waals surface area contributed by atoms with Gasteiger partial charge in [0.15, 0.2) is 0 Å². The molecule has 0 unspecified atom stereocenters. The molecule has 1 N–H and O–H groups in total. The summed E-state index contributed by atoms with van der Waals surface area (Å²) in [6.45, 7) is 1.90. The minimum absolute atomic E-state index is 0.00127. The van der Waals surface area contributed by atoms with Crippen LogP contribution in [0.4, 0.5) is 23.2 Å². The van der Waals surface area contributed by atoms with Gasteiger partial charge in [0.05, 0.1) is 11.3 Å². The number of hydrogen-bond acceptors (Lipinski definition) is 2. The highest BCUT2D eigenvalue weighted by atomic mass is 19.4. The summed E-state index contributed by atoms with van der Waals surface area (Å²) in [4.78, 5) is 17.0. The van der Waals surface area contributed by atoms with E-state index >= 15 is 0 Å². The van der Waals surface area contributed by atoms with Gasteiger partial charge in [-0.15, -0.1) is 0 Å². The predicted molar refractivity (Wildman–Crippen MR) is 88.5 cm³/mol. The van der Waals surface area contributed by atoms with E-state index < -0.39 is 23.5 Å². The molecule has 0 saturated carbocycles. The largest absolute Gasteiger partial charge is 0.416 e. The fourth-order valence-electron chi connectivity index (χ4n) is 2.68. The fraction of sp³-hybridized carbons (Fsp3) is 0.222. The Morgan fingerprint density at radius 2 is 2.00 bits per heavy atom. The van der Waals surface area contributed by atoms with Crippen LogP contribution in [0, 0.1) is 5.82 Å². The van der Waals surface area contributed by atoms with Crippen molar-refractivity contribution in [2.24, 2.45) is 0 Å². The second-order valence-electron chi connectivity index (χ2n) is 5.77. The maximum Gasteiger partial charge on any atom is 0.416 e. The van der Waals surface area contributed by atoms with Crippen molar-refractivity contribution in [1.82, 2.24) is 9.38 Å². The normalized spacial score (nSPS) is 11.7. The van der Waals surface area contributed by atoms with Crippen molar-refractivity contribution in [3.05, 3.63) is 65.4 Å². The lowest BCUT2D eigenvalue weighted by atomic mass is 10.1. The molecule has 0 radical (unpaired) electrons. The van der Waals surface area contributed by atoms with Crippen LogP contribution in [0.25, 0.3) is 5.65 Å². The lowest BCUT2D eigenvalue weighted by molar-refractivity contribution is -0.137. The van der Waals surface area contributed by atoms with Gasteiger partial charge >= 0.3 is 6.18 Å². The van der Waals surface area contributed by atoms with Crippen molar-refractivity contribution in [2.75, 3.05) is 5.32 Å². The summed E-state index contributed by atoms with van der Waals surface area (Å²) < 4.78 is 53.4. The standard InChI is InChI=1S/C18H15F4N3O/c1-2-4-14-16(25-10-12(19)7-8-15(25)24-14)17(26)23-13-6-3-5-11(9-13)18(20,21)22/h3,5-10H,2,4H2,1H3,(H,23,26). The first kappa shape index (κ1) is 17.9. The van der Waals surface area contributed by atoms with E-state index in [4.69, 9.17) is 0 Å². The Labute approximate surface area is 146 Å². The van der Waals surface area contributed by atoms with E-state index in [-0.39, 0.29) is 11.4 Å². The minimum Gasteiger partial charge on any atom is -0.321 e. The molecule has 4 nitrogen and oxygen atoms in total. The average molecular weight is 365 g/mol. The van der Waals surface area contributed by atoms with E-state index in [1.807, 2.05) is 6.92 Å². The van der Waals surface area contributed by atoms with Gasteiger partial charge in [-0.05, 0) is 36.8 Å². The summed E-state index contributed by atoms with van der Waals surface area (Å²) in [7, 11) is 0. The van der Waals surface area contributed by atoms with E-state index in [2.05, 4.69) is 10.3 Å². The number of benzene rings is 1. The molecule has 8 heteroatoms. The Hall–Kier alpha value is -2.90. The van der Waals surface area contributed by atoms with Crippen molar-refractivity contribution < 1.29 is 22.4 Å². The van der Waals surface area contributed by atoms with E-state index in [1.54, 1.807) is 0 Å². The maximum absolute atomic E-state index is 13.6. The van der Waals surface area contributed by atoms with Crippen LogP contribution in [-0.4, -0.2) is 15.3 Å². The first-order chi connectivity index (χ1) is 12.3. The molecular formula is C18H15F4N3O. The summed E-state index contributed by atoms with van der Waals surface area (Å²) in [6.07, 6.45) is -2.20. The van der Waals surface area contributed by atoms with Gasteiger partial charge < -0.3 is 5.32 Å². The number of aromatic nitrogens is 2. The Bertz CT molecular complexity index is 963. The molecule has 0 aliphatic rings. The van der Waals surface area contributed by atoms with E-state index in [9.17, 15) is 22.4 Å². The van der Waals surface area contributed by atoms with Crippen LogP contribution < -0.4 is 5.32 Å². The maximum atomic E-state index is 13.6. The highest BCUT2D eigenvalue weighted by Crippen LogP contribution is 2.30. The summed E-state index contributed by atoms with van der Waals surface area (Å²) in [5.74, 6) is -1.20. The van der Waals surface area contributed by atoms with E-state index in [0.717, 1.165) is 18.3 Å². The van der Waals surface area contributed by atoms with Crippen molar-refractivity contribution >= 4 is 17.2 Å². The number of aryl methyl sites for hydroxylation is 1. The Morgan fingerprint density at radius 3 is 2.69 bits per heavy atom. The summed E-state index contributed by atoms with van der Waals surface area (Å²) in [5.41, 5.74) is 0.0947. The lowest BCUT2D eigenvalue weighted by Crippen LogP contribution is -2.17. The van der Waals surface area contributed by atoms with Gasteiger partial charge in [-0.1, -0.05) is 19.4 Å². The van der Waals surface area contributed by atoms with Crippen LogP contribution in [-0.2, 0) is 12.6 Å². The summed E-state index contributed by atoms with van der Waals surface area (Å²) in [6, 6.07) is 7.00. The van der Waals surface area contributed by atoms with Gasteiger partial charge in [0.1, 0.15) is 17.2 Å². The van der Waals surface area contributed by atoms with Gasteiger partial charge in [0, 0.05) is 11.9 Å². The number of imidazole rings is 1. The molecule has 0 aliphatic heterocycles. The van der Waals surface area contributed by atoms with Crippen LogP contribution in [0.15, 0.2) is 42.6 Å². The molecule has 0 saturated heterocycles. The van der Waals surface area contributed by atoms with E-state index in [0.29, 0.717) is 24.2 Å². The van der Waals surface area contributed by atoms with E-state index in [1.165, 1.54) is 28.7 Å². The molecule has 1 aromatic carbocycles. The number of pyridine rings is 1. The number of carbonyl (C=O) groups excluding carboxylic acids is 1. The van der Waals surface area contributed by atoms with Crippen molar-refractivity contribution in [1.29, 1.82) is 0 Å². The number of carbonyl (C=O) groups is 1. The topological polar surface area (TPSA) is 46.4 Å². The van der Waals surface area contributed by atoms with Gasteiger partial charge in [-0.3, -0.25) is 9.20 Å². The zero-order valence-corrected chi connectivity index (χ0v) is 13.8. The van der Waals surface area contributed by atoms with Gasteiger partial charge in [-0.25, -0.2) is 9.37 Å². The third-order valence-electron chi connectivity index (χ3n) is 3.80. The monoisotopic (exact) mass is 365 g/mol. The number of fused-ring (bicyclic) bond motifs is 1. The molecule has 1 amide bonds. The third kappa shape index (κ3) is 3.54. The molecule has 2 aromatic heterocycles.